The van der Waals surface area contributed by atoms with Crippen molar-refractivity contribution >= 4 is 68.8 Å². The van der Waals surface area contributed by atoms with Crippen LogP contribution in [0.2, 0.25) is 0 Å². The van der Waals surface area contributed by atoms with Gasteiger partial charge in [-0.2, -0.15) is 4.57 Å². The molecule has 2 aliphatic heterocycles. The summed E-state index contributed by atoms with van der Waals surface area (Å²) in [4.78, 5) is 59.4. The highest BCUT2D eigenvalue weighted by Crippen LogP contribution is 2.40. The second kappa shape index (κ2) is 9.79. The highest BCUT2D eigenvalue weighted by atomic mass is 32.2. The fourth-order valence-electron chi connectivity index (χ4n) is 4.21. The number of furan rings is 1. The number of carbonyl (C=O) groups excluding carboxylic acids is 2. The van der Waals surface area contributed by atoms with Crippen LogP contribution in [0.1, 0.15) is 16.2 Å². The van der Waals surface area contributed by atoms with Crippen LogP contribution in [0.25, 0.3) is 11.1 Å². The molecule has 5 N–H and O–H groups in total. The fraction of sp³-hybridized carbons (Fsp3) is 0.227. The van der Waals surface area contributed by atoms with Crippen molar-refractivity contribution in [3.63, 3.8) is 0 Å². The number of hydrogen-bond donors (Lipinski definition) is 4. The van der Waals surface area contributed by atoms with Gasteiger partial charge in [0.05, 0.1) is 6.07 Å². The summed E-state index contributed by atoms with van der Waals surface area (Å²) in [6, 6.07) is 3.60. The largest absolute Gasteiger partial charge is 0.477 e. The van der Waals surface area contributed by atoms with Crippen molar-refractivity contribution in [1.82, 2.24) is 15.2 Å². The van der Waals surface area contributed by atoms with Crippen molar-refractivity contribution < 1.29 is 43.2 Å². The van der Waals surface area contributed by atoms with Crippen LogP contribution in [0, 0.1) is 0 Å². The standard InChI is InChI=1S/C22H18N6O8S2/c1-35-26-14(10-8-38-22(23)24-10)17(29)25-15-18(30)28-16(21(33)34)9(7-37-19(15)28)6-27-4-2-3-12-11(27)5-13(36-12)20(31)32/h2-5,8,15,19H,6-7H2,1H3,(H4-,23,24,25,29,31,32,33,34)/p+1/t15?,19-/m0/s1. The van der Waals surface area contributed by atoms with E-state index >= 15 is 0 Å². The molecule has 16 heteroatoms. The minimum Gasteiger partial charge on any atom is -0.477 e. The van der Waals surface area contributed by atoms with Gasteiger partial charge in [-0.3, -0.25) is 14.5 Å². The zero-order chi connectivity index (χ0) is 27.1. The molecule has 0 aliphatic carbocycles. The van der Waals surface area contributed by atoms with Crippen LogP contribution < -0.4 is 15.6 Å². The maximum atomic E-state index is 13.1. The minimum absolute atomic E-state index is 0.0774. The van der Waals surface area contributed by atoms with E-state index in [-0.39, 0.29) is 40.3 Å². The third-order valence-corrected chi connectivity index (χ3v) is 7.85. The summed E-state index contributed by atoms with van der Waals surface area (Å²) in [6.07, 6.45) is 1.66. The Labute approximate surface area is 221 Å². The van der Waals surface area contributed by atoms with Crippen LogP contribution >= 0.6 is 23.1 Å². The first kappa shape index (κ1) is 25.2. The highest BCUT2D eigenvalue weighted by molar-refractivity contribution is 8.00. The zero-order valence-corrected chi connectivity index (χ0v) is 21.1. The van der Waals surface area contributed by atoms with Crippen LogP contribution in [0.5, 0.6) is 0 Å². The minimum atomic E-state index is -1.30. The Kier molecular flexibility index (Phi) is 6.50. The number of β-lactam (4-membered cyclic amide) rings is 1. The molecule has 3 aromatic rings. The lowest BCUT2D eigenvalue weighted by atomic mass is 10.0. The van der Waals surface area contributed by atoms with E-state index in [1.807, 2.05) is 0 Å². The first-order valence-electron chi connectivity index (χ1n) is 10.9. The quantitative estimate of drug-likeness (QED) is 0.127. The van der Waals surface area contributed by atoms with Crippen molar-refractivity contribution in [2.24, 2.45) is 5.16 Å². The smallest absolute Gasteiger partial charge is 0.372 e. The monoisotopic (exact) mass is 559 g/mol. The number of aliphatic carboxylic acids is 1. The predicted molar refractivity (Wildman–Crippen MR) is 133 cm³/mol. The van der Waals surface area contributed by atoms with E-state index in [2.05, 4.69) is 15.5 Å². The number of carboxylic acids is 2. The number of oxime groups is 1. The summed E-state index contributed by atoms with van der Waals surface area (Å²) in [7, 11) is 1.26. The lowest BCUT2D eigenvalue weighted by molar-refractivity contribution is -0.663. The van der Waals surface area contributed by atoms with Gasteiger partial charge >= 0.3 is 11.9 Å². The molecule has 1 saturated heterocycles. The van der Waals surface area contributed by atoms with Gasteiger partial charge < -0.3 is 30.5 Å². The van der Waals surface area contributed by atoms with Crippen LogP contribution in [0.15, 0.2) is 50.6 Å². The van der Waals surface area contributed by atoms with E-state index in [0.29, 0.717) is 16.7 Å². The number of nitrogens with two attached hydrogens (primary N) is 1. The number of thiazole rings is 1. The van der Waals surface area contributed by atoms with E-state index < -0.39 is 35.2 Å². The van der Waals surface area contributed by atoms with Gasteiger partial charge in [-0.1, -0.05) is 5.16 Å². The fourth-order valence-corrected chi connectivity index (χ4v) is 6.09. The Morgan fingerprint density at radius 2 is 2.16 bits per heavy atom. The van der Waals surface area contributed by atoms with Crippen molar-refractivity contribution in [2.45, 2.75) is 18.0 Å². The molecular formula is C22H19N6O8S2+. The van der Waals surface area contributed by atoms with Gasteiger partial charge in [0.1, 0.15) is 29.9 Å². The van der Waals surface area contributed by atoms with Gasteiger partial charge in [-0.25, -0.2) is 14.6 Å². The molecule has 0 bridgehead atoms. The second-order valence-corrected chi connectivity index (χ2v) is 10.1. The third kappa shape index (κ3) is 4.32. The molecule has 2 aliphatic rings. The summed E-state index contributed by atoms with van der Waals surface area (Å²) >= 11 is 2.39. The highest BCUT2D eigenvalue weighted by Gasteiger charge is 2.55. The van der Waals surface area contributed by atoms with E-state index in [1.54, 1.807) is 22.9 Å². The van der Waals surface area contributed by atoms with Crippen molar-refractivity contribution in [2.75, 3.05) is 18.6 Å². The van der Waals surface area contributed by atoms with Crippen LogP contribution in [0.3, 0.4) is 0 Å². The Hall–Kier alpha value is -4.44. The van der Waals surface area contributed by atoms with E-state index in [1.165, 1.54) is 30.3 Å². The summed E-state index contributed by atoms with van der Waals surface area (Å²) in [5, 5.41) is 26.6. The number of amides is 2. The summed E-state index contributed by atoms with van der Waals surface area (Å²) in [5.74, 6) is -3.85. The molecule has 1 fully saturated rings. The van der Waals surface area contributed by atoms with Gasteiger partial charge in [0.2, 0.25) is 5.76 Å². The molecule has 5 rings (SSSR count). The predicted octanol–water partition coefficient (Wildman–Crippen LogP) is 0.247. The molecule has 0 aromatic carbocycles. The number of thioether (sulfide) groups is 1. The molecule has 14 nitrogen and oxygen atoms in total. The van der Waals surface area contributed by atoms with Gasteiger partial charge in [-0.15, -0.1) is 23.1 Å². The molecule has 0 spiro atoms. The third-order valence-electron chi connectivity index (χ3n) is 5.83. The number of carbonyl (C=O) groups is 4. The summed E-state index contributed by atoms with van der Waals surface area (Å²) < 4.78 is 6.98. The maximum Gasteiger partial charge on any atom is 0.372 e. The van der Waals surface area contributed by atoms with Crippen LogP contribution in [-0.2, 0) is 25.8 Å². The van der Waals surface area contributed by atoms with Gasteiger partial charge in [0, 0.05) is 22.8 Å². The average molecular weight is 560 g/mol. The number of nitrogen functional groups attached to an aromatic ring is 1. The number of aromatic carboxylic acids is 1. The number of aromatic nitrogens is 2. The number of pyridine rings is 1. The zero-order valence-electron chi connectivity index (χ0n) is 19.5. The number of nitrogens with zero attached hydrogens (tertiary/aromatic N) is 4. The topological polar surface area (TPSA) is 202 Å². The number of rotatable bonds is 8. The maximum absolute atomic E-state index is 13.1. The van der Waals surface area contributed by atoms with E-state index in [9.17, 15) is 29.4 Å². The normalized spacial score (nSPS) is 19.2. The molecule has 196 valence electrons. The van der Waals surface area contributed by atoms with Gasteiger partial charge in [0.15, 0.2) is 29.2 Å². The van der Waals surface area contributed by atoms with E-state index in [4.69, 9.17) is 15.0 Å². The molecule has 0 saturated carbocycles. The number of carboxylic acid groups (broad SMARTS) is 2. The number of anilines is 1. The van der Waals surface area contributed by atoms with Crippen molar-refractivity contribution in [3.05, 3.63) is 52.5 Å². The molecule has 2 amide bonds. The lowest BCUT2D eigenvalue weighted by Crippen LogP contribution is -2.71. The summed E-state index contributed by atoms with van der Waals surface area (Å²) in [6.45, 7) is 0.0774. The Morgan fingerprint density at radius 3 is 2.82 bits per heavy atom. The molecular weight excluding hydrogens is 540 g/mol. The number of hydrogen-bond acceptors (Lipinski definition) is 11. The average Bonchev–Trinajstić information content (AvgIpc) is 3.52. The molecule has 1 unspecified atom stereocenters. The van der Waals surface area contributed by atoms with Crippen LogP contribution in [0.4, 0.5) is 5.13 Å². The Bertz CT molecular complexity index is 1560. The molecule has 5 heterocycles. The van der Waals surface area contributed by atoms with Gasteiger partial charge in [0.25, 0.3) is 17.3 Å². The van der Waals surface area contributed by atoms with Crippen LogP contribution in [-0.4, -0.2) is 73.8 Å². The first-order chi connectivity index (χ1) is 18.2. The molecule has 3 aromatic heterocycles. The SMILES string of the molecule is CON=C(C(=O)NC1C(=O)N2C(C(=O)O)=C(C[n+]3cccc4oc(C(=O)O)cc43)CS[C@@H]12)c1csc(N)n1. The second-order valence-electron chi connectivity index (χ2n) is 8.11. The van der Waals surface area contributed by atoms with Crippen molar-refractivity contribution in [3.8, 4) is 0 Å². The van der Waals surface area contributed by atoms with Gasteiger partial charge in [-0.05, 0) is 6.07 Å². The van der Waals surface area contributed by atoms with Crippen molar-refractivity contribution in [1.29, 1.82) is 0 Å². The number of fused-ring (bicyclic) bond motifs is 2. The Morgan fingerprint density at radius 1 is 1.37 bits per heavy atom. The number of nitrogens with one attached hydrogen (secondary N) is 1. The lowest BCUT2D eigenvalue weighted by Gasteiger charge is -2.49. The Balaban J connectivity index is 1.39. The first-order valence-corrected chi connectivity index (χ1v) is 12.8. The molecule has 2 atom stereocenters. The molecule has 38 heavy (non-hydrogen) atoms. The summed E-state index contributed by atoms with van der Waals surface area (Å²) in [5.41, 5.74) is 6.68. The van der Waals surface area contributed by atoms with E-state index in [0.717, 1.165) is 16.2 Å². The molecule has 0 radical (unpaired) electrons.